The van der Waals surface area contributed by atoms with E-state index >= 15 is 0 Å². The molecule has 0 amide bonds. The summed E-state index contributed by atoms with van der Waals surface area (Å²) >= 11 is 0. The van der Waals surface area contributed by atoms with Crippen LogP contribution in [-0.2, 0) is 20.7 Å². The van der Waals surface area contributed by atoms with Gasteiger partial charge in [-0.3, -0.25) is 0 Å². The molecule has 1 saturated heterocycles. The minimum absolute atomic E-state index is 0.00734. The molecule has 8 nitrogen and oxygen atoms in total. The Morgan fingerprint density at radius 2 is 1.62 bits per heavy atom. The standard InChI is InChI=1S/C29H30O8/c1-34-26-14-19(5-10-24(26)31)13-21-16-37-29(20-7-11-25(32)27(15-20)35-2)23(21)17-36-28(33)12-6-18-3-8-22(30)9-4-18/h3-12,14-15,21,23,29-32H,13,16-17H2,1-2H3/b12-6+/t21-,23+,29+/m1/s1. The highest BCUT2D eigenvalue weighted by atomic mass is 16.5. The predicted molar refractivity (Wildman–Crippen MR) is 137 cm³/mol. The highest BCUT2D eigenvalue weighted by molar-refractivity contribution is 5.87. The Hall–Kier alpha value is -4.17. The van der Waals surface area contributed by atoms with Gasteiger partial charge in [-0.25, -0.2) is 4.79 Å². The number of esters is 1. The van der Waals surface area contributed by atoms with Crippen molar-refractivity contribution in [1.82, 2.24) is 0 Å². The maximum atomic E-state index is 12.5. The van der Waals surface area contributed by atoms with E-state index in [1.54, 1.807) is 60.7 Å². The van der Waals surface area contributed by atoms with E-state index in [0.29, 0.717) is 24.5 Å². The topological polar surface area (TPSA) is 115 Å². The Labute approximate surface area is 215 Å². The van der Waals surface area contributed by atoms with Gasteiger partial charge < -0.3 is 34.3 Å². The number of aromatic hydroxyl groups is 3. The third kappa shape index (κ3) is 6.34. The molecular weight excluding hydrogens is 476 g/mol. The zero-order valence-corrected chi connectivity index (χ0v) is 20.7. The summed E-state index contributed by atoms with van der Waals surface area (Å²) in [6, 6.07) is 16.7. The largest absolute Gasteiger partial charge is 0.508 e. The van der Waals surface area contributed by atoms with Crippen molar-refractivity contribution in [2.75, 3.05) is 27.4 Å². The molecule has 1 aliphatic rings. The zero-order valence-electron chi connectivity index (χ0n) is 20.7. The number of carbonyl (C=O) groups is 1. The fourth-order valence-corrected chi connectivity index (χ4v) is 4.50. The van der Waals surface area contributed by atoms with Crippen LogP contribution in [0.1, 0.15) is 22.8 Å². The summed E-state index contributed by atoms with van der Waals surface area (Å²) in [7, 11) is 2.98. The minimum atomic E-state index is -0.493. The van der Waals surface area contributed by atoms with Crippen LogP contribution in [0.2, 0.25) is 0 Å². The monoisotopic (exact) mass is 506 g/mol. The van der Waals surface area contributed by atoms with Crippen molar-refractivity contribution in [3.63, 3.8) is 0 Å². The molecule has 3 atom stereocenters. The van der Waals surface area contributed by atoms with Crippen LogP contribution in [0.3, 0.4) is 0 Å². The lowest BCUT2D eigenvalue weighted by Gasteiger charge is -2.23. The quantitative estimate of drug-likeness (QED) is 0.284. The van der Waals surface area contributed by atoms with E-state index in [2.05, 4.69) is 0 Å². The van der Waals surface area contributed by atoms with Gasteiger partial charge in [0.1, 0.15) is 5.75 Å². The van der Waals surface area contributed by atoms with E-state index in [0.717, 1.165) is 16.7 Å². The summed E-state index contributed by atoms with van der Waals surface area (Å²) in [5, 5.41) is 29.4. The number of hydrogen-bond donors (Lipinski definition) is 3. The second kappa shape index (κ2) is 11.7. The lowest BCUT2D eigenvalue weighted by atomic mass is 9.84. The van der Waals surface area contributed by atoms with Gasteiger partial charge in [-0.2, -0.15) is 0 Å². The summed E-state index contributed by atoms with van der Waals surface area (Å²) in [6.45, 7) is 0.551. The van der Waals surface area contributed by atoms with E-state index in [9.17, 15) is 20.1 Å². The highest BCUT2D eigenvalue weighted by Gasteiger charge is 2.39. The molecule has 8 heteroatoms. The van der Waals surface area contributed by atoms with Crippen molar-refractivity contribution >= 4 is 12.0 Å². The Bertz CT molecular complexity index is 1250. The summed E-state index contributed by atoms with van der Waals surface area (Å²) in [5.74, 6) is 0.294. The third-order valence-electron chi connectivity index (χ3n) is 6.48. The number of rotatable bonds is 9. The van der Waals surface area contributed by atoms with Gasteiger partial charge in [0.15, 0.2) is 23.0 Å². The average molecular weight is 507 g/mol. The number of methoxy groups -OCH3 is 2. The van der Waals surface area contributed by atoms with Crippen molar-refractivity contribution in [3.05, 3.63) is 83.4 Å². The number of ether oxygens (including phenoxy) is 4. The molecule has 0 saturated carbocycles. The lowest BCUT2D eigenvalue weighted by molar-refractivity contribution is -0.139. The molecule has 1 fully saturated rings. The molecule has 1 heterocycles. The third-order valence-corrected chi connectivity index (χ3v) is 6.48. The van der Waals surface area contributed by atoms with Crippen LogP contribution >= 0.6 is 0 Å². The first-order chi connectivity index (χ1) is 17.9. The van der Waals surface area contributed by atoms with Gasteiger partial charge >= 0.3 is 5.97 Å². The molecular formula is C29H30O8. The Morgan fingerprint density at radius 3 is 2.32 bits per heavy atom. The van der Waals surface area contributed by atoms with E-state index < -0.39 is 5.97 Å². The second-order valence-corrected chi connectivity index (χ2v) is 8.87. The summed E-state index contributed by atoms with van der Waals surface area (Å²) in [6.07, 6.45) is 3.21. The first kappa shape index (κ1) is 25.9. The number of carbonyl (C=O) groups excluding carboxylic acids is 1. The molecule has 0 aliphatic carbocycles. The number of phenolic OH excluding ortho intramolecular Hbond substituents is 3. The minimum Gasteiger partial charge on any atom is -0.508 e. The maximum absolute atomic E-state index is 12.5. The van der Waals surface area contributed by atoms with Crippen LogP contribution in [0.5, 0.6) is 28.7 Å². The van der Waals surface area contributed by atoms with Crippen molar-refractivity contribution in [1.29, 1.82) is 0 Å². The summed E-state index contributed by atoms with van der Waals surface area (Å²) in [5.41, 5.74) is 2.52. The van der Waals surface area contributed by atoms with Crippen LogP contribution < -0.4 is 9.47 Å². The first-order valence-corrected chi connectivity index (χ1v) is 11.9. The van der Waals surface area contributed by atoms with Crippen molar-refractivity contribution in [2.24, 2.45) is 11.8 Å². The van der Waals surface area contributed by atoms with E-state index in [1.807, 2.05) is 6.07 Å². The SMILES string of the molecule is COc1cc(C[C@@H]2CO[C@@H](c3ccc(O)c(OC)c3)[C@H]2COC(=O)/C=C/c2ccc(O)cc2)ccc1O. The van der Waals surface area contributed by atoms with Gasteiger partial charge in [0.05, 0.1) is 33.5 Å². The van der Waals surface area contributed by atoms with E-state index in [-0.39, 0.29) is 41.8 Å². The number of phenols is 3. The fourth-order valence-electron chi connectivity index (χ4n) is 4.50. The van der Waals surface area contributed by atoms with Gasteiger partial charge in [0.25, 0.3) is 0 Å². The molecule has 1 aliphatic heterocycles. The molecule has 3 aromatic rings. The normalized spacial score (nSPS) is 19.1. The number of hydrogen-bond acceptors (Lipinski definition) is 8. The lowest BCUT2D eigenvalue weighted by Crippen LogP contribution is -2.24. The molecule has 4 rings (SSSR count). The summed E-state index contributed by atoms with van der Waals surface area (Å²) < 4.78 is 22.3. The van der Waals surface area contributed by atoms with Gasteiger partial charge in [0.2, 0.25) is 0 Å². The van der Waals surface area contributed by atoms with Crippen LogP contribution in [-0.4, -0.2) is 48.7 Å². The summed E-state index contributed by atoms with van der Waals surface area (Å²) in [4.78, 5) is 12.5. The number of benzene rings is 3. The molecule has 0 radical (unpaired) electrons. The Balaban J connectivity index is 1.52. The first-order valence-electron chi connectivity index (χ1n) is 11.9. The molecule has 194 valence electrons. The van der Waals surface area contributed by atoms with Gasteiger partial charge in [-0.1, -0.05) is 24.3 Å². The second-order valence-electron chi connectivity index (χ2n) is 8.87. The van der Waals surface area contributed by atoms with Crippen LogP contribution in [0.25, 0.3) is 6.08 Å². The molecule has 3 N–H and O–H groups in total. The molecule has 3 aromatic carbocycles. The molecule has 0 spiro atoms. The molecule has 0 aromatic heterocycles. The molecule has 0 unspecified atom stereocenters. The molecule has 37 heavy (non-hydrogen) atoms. The predicted octanol–water partition coefficient (Wildman–Crippen LogP) is 4.62. The molecule has 0 bridgehead atoms. The average Bonchev–Trinajstić information content (AvgIpc) is 3.30. The van der Waals surface area contributed by atoms with E-state index in [1.165, 1.54) is 20.3 Å². The van der Waals surface area contributed by atoms with Gasteiger partial charge in [-0.05, 0) is 71.5 Å². The van der Waals surface area contributed by atoms with E-state index in [4.69, 9.17) is 18.9 Å². The maximum Gasteiger partial charge on any atom is 0.330 e. The highest BCUT2D eigenvalue weighted by Crippen LogP contribution is 2.43. The Morgan fingerprint density at radius 1 is 0.946 bits per heavy atom. The fraction of sp³-hybridized carbons (Fsp3) is 0.276. The smallest absolute Gasteiger partial charge is 0.330 e. The van der Waals surface area contributed by atoms with Crippen LogP contribution in [0, 0.1) is 11.8 Å². The van der Waals surface area contributed by atoms with Crippen molar-refractivity contribution in [2.45, 2.75) is 12.5 Å². The zero-order chi connectivity index (χ0) is 26.4. The van der Waals surface area contributed by atoms with Crippen LogP contribution in [0.4, 0.5) is 0 Å². The van der Waals surface area contributed by atoms with Gasteiger partial charge in [0, 0.05) is 12.0 Å². The van der Waals surface area contributed by atoms with Crippen molar-refractivity contribution in [3.8, 4) is 28.7 Å². The van der Waals surface area contributed by atoms with Crippen molar-refractivity contribution < 1.29 is 39.1 Å². The van der Waals surface area contributed by atoms with Crippen LogP contribution in [0.15, 0.2) is 66.7 Å². The Kier molecular flexibility index (Phi) is 8.20. The van der Waals surface area contributed by atoms with Gasteiger partial charge in [-0.15, -0.1) is 0 Å².